The molecule has 5 rings (SSSR count). The van der Waals surface area contributed by atoms with E-state index < -0.39 is 17.9 Å². The van der Waals surface area contributed by atoms with Crippen LogP contribution < -0.4 is 10.2 Å². The molecule has 0 bridgehead atoms. The molecule has 1 N–H and O–H groups in total. The number of nitrogens with zero attached hydrogens (tertiary/aromatic N) is 3. The topological polar surface area (TPSA) is 71.3 Å². The van der Waals surface area contributed by atoms with E-state index in [4.69, 9.17) is 16.1 Å². The quantitative estimate of drug-likeness (QED) is 0.341. The summed E-state index contributed by atoms with van der Waals surface area (Å²) in [5, 5.41) is 7.76. The SMILES string of the molecule is CC1=C(c2nc(-c3ccc(C)cc3)no2)C(c2ccc(Cl)cc2)NC(=O)N1c1ccc(C)c(F)c1. The molecule has 1 aromatic heterocycles. The maximum absolute atomic E-state index is 14.4. The molecule has 6 nitrogen and oxygen atoms in total. The van der Waals surface area contributed by atoms with Crippen LogP contribution in [0.1, 0.15) is 35.5 Å². The first-order chi connectivity index (χ1) is 16.8. The van der Waals surface area contributed by atoms with Gasteiger partial charge in [0, 0.05) is 16.3 Å². The highest BCUT2D eigenvalue weighted by Gasteiger charge is 2.36. The zero-order valence-corrected chi connectivity index (χ0v) is 20.1. The van der Waals surface area contributed by atoms with Crippen LogP contribution in [0, 0.1) is 19.7 Å². The predicted octanol–water partition coefficient (Wildman–Crippen LogP) is 6.85. The molecule has 0 saturated carbocycles. The summed E-state index contributed by atoms with van der Waals surface area (Å²) in [6.45, 7) is 5.46. The van der Waals surface area contributed by atoms with Crippen LogP contribution >= 0.6 is 11.6 Å². The van der Waals surface area contributed by atoms with Crippen LogP contribution in [0.3, 0.4) is 0 Å². The van der Waals surface area contributed by atoms with Crippen molar-refractivity contribution in [1.29, 1.82) is 0 Å². The van der Waals surface area contributed by atoms with Crippen molar-refractivity contribution >= 4 is 28.9 Å². The number of carbonyl (C=O) groups excluding carboxylic acids is 1. The number of hydrogen-bond donors (Lipinski definition) is 1. The molecule has 0 fully saturated rings. The fraction of sp³-hybridized carbons (Fsp3) is 0.148. The van der Waals surface area contributed by atoms with Gasteiger partial charge in [-0.1, -0.05) is 64.8 Å². The zero-order chi connectivity index (χ0) is 24.7. The molecule has 1 atom stereocenters. The van der Waals surface area contributed by atoms with Gasteiger partial charge in [-0.3, -0.25) is 4.90 Å². The second kappa shape index (κ2) is 9.00. The van der Waals surface area contributed by atoms with Crippen molar-refractivity contribution < 1.29 is 13.7 Å². The van der Waals surface area contributed by atoms with Gasteiger partial charge < -0.3 is 9.84 Å². The van der Waals surface area contributed by atoms with Crippen molar-refractivity contribution in [2.24, 2.45) is 0 Å². The summed E-state index contributed by atoms with van der Waals surface area (Å²) in [4.78, 5) is 19.3. The van der Waals surface area contributed by atoms with Gasteiger partial charge in [0.25, 0.3) is 5.89 Å². The molecular weight excluding hydrogens is 467 g/mol. The lowest BCUT2D eigenvalue weighted by Crippen LogP contribution is -2.46. The highest BCUT2D eigenvalue weighted by molar-refractivity contribution is 6.30. The van der Waals surface area contributed by atoms with E-state index >= 15 is 0 Å². The summed E-state index contributed by atoms with van der Waals surface area (Å²) in [7, 11) is 0. The maximum atomic E-state index is 14.4. The molecule has 4 aromatic rings. The van der Waals surface area contributed by atoms with E-state index in [1.54, 1.807) is 38.1 Å². The molecule has 8 heteroatoms. The number of rotatable bonds is 4. The van der Waals surface area contributed by atoms with Crippen molar-refractivity contribution in [2.45, 2.75) is 26.8 Å². The van der Waals surface area contributed by atoms with E-state index in [2.05, 4.69) is 15.5 Å². The predicted molar refractivity (Wildman–Crippen MR) is 133 cm³/mol. The molecule has 1 unspecified atom stereocenters. The Morgan fingerprint density at radius 2 is 1.71 bits per heavy atom. The van der Waals surface area contributed by atoms with Crippen LogP contribution in [-0.2, 0) is 0 Å². The molecule has 35 heavy (non-hydrogen) atoms. The van der Waals surface area contributed by atoms with Gasteiger partial charge in [-0.2, -0.15) is 4.98 Å². The minimum Gasteiger partial charge on any atom is -0.334 e. The minimum atomic E-state index is -0.572. The maximum Gasteiger partial charge on any atom is 0.327 e. The van der Waals surface area contributed by atoms with Crippen molar-refractivity contribution in [3.05, 3.63) is 106 Å². The average molecular weight is 489 g/mol. The number of benzene rings is 3. The third-order valence-electron chi connectivity index (χ3n) is 6.07. The van der Waals surface area contributed by atoms with E-state index in [0.717, 1.165) is 16.7 Å². The number of aryl methyl sites for hydroxylation is 2. The lowest BCUT2D eigenvalue weighted by Gasteiger charge is -2.35. The van der Waals surface area contributed by atoms with Crippen LogP contribution in [0.5, 0.6) is 0 Å². The van der Waals surface area contributed by atoms with Gasteiger partial charge in [-0.15, -0.1) is 0 Å². The lowest BCUT2D eigenvalue weighted by atomic mass is 9.94. The average Bonchev–Trinajstić information content (AvgIpc) is 3.31. The molecule has 0 spiro atoms. The smallest absolute Gasteiger partial charge is 0.327 e. The van der Waals surface area contributed by atoms with Crippen molar-refractivity contribution in [1.82, 2.24) is 15.5 Å². The van der Waals surface area contributed by atoms with Gasteiger partial charge in [0.2, 0.25) is 5.82 Å². The molecule has 0 aliphatic carbocycles. The molecule has 176 valence electrons. The van der Waals surface area contributed by atoms with Crippen LogP contribution in [0.4, 0.5) is 14.9 Å². The lowest BCUT2D eigenvalue weighted by molar-refractivity contribution is 0.244. The molecular formula is C27H22ClFN4O2. The molecule has 2 amide bonds. The van der Waals surface area contributed by atoms with Gasteiger partial charge in [0.1, 0.15) is 5.82 Å². The van der Waals surface area contributed by atoms with E-state index in [1.807, 2.05) is 43.3 Å². The van der Waals surface area contributed by atoms with Gasteiger partial charge >= 0.3 is 6.03 Å². The first kappa shape index (κ1) is 22.8. The molecule has 1 aliphatic heterocycles. The molecule has 3 aromatic carbocycles. The summed E-state index contributed by atoms with van der Waals surface area (Å²) >= 11 is 6.09. The van der Waals surface area contributed by atoms with Crippen LogP contribution in [0.25, 0.3) is 17.0 Å². The Balaban J connectivity index is 1.65. The second-order valence-electron chi connectivity index (χ2n) is 8.49. The largest absolute Gasteiger partial charge is 0.334 e. The molecule has 0 radical (unpaired) electrons. The number of urea groups is 1. The Hall–Kier alpha value is -3.97. The van der Waals surface area contributed by atoms with Crippen LogP contribution in [0.2, 0.25) is 5.02 Å². The first-order valence-electron chi connectivity index (χ1n) is 11.1. The summed E-state index contributed by atoms with van der Waals surface area (Å²) < 4.78 is 20.1. The number of carbonyl (C=O) groups is 1. The van der Waals surface area contributed by atoms with Gasteiger partial charge in [-0.25, -0.2) is 9.18 Å². The monoisotopic (exact) mass is 488 g/mol. The zero-order valence-electron chi connectivity index (χ0n) is 19.3. The van der Waals surface area contributed by atoms with Crippen molar-refractivity contribution in [3.63, 3.8) is 0 Å². The first-order valence-corrected chi connectivity index (χ1v) is 11.4. The van der Waals surface area contributed by atoms with Gasteiger partial charge in [0.05, 0.1) is 17.3 Å². The van der Waals surface area contributed by atoms with E-state index in [9.17, 15) is 9.18 Å². The highest BCUT2D eigenvalue weighted by Crippen LogP contribution is 2.39. The molecule has 2 heterocycles. The second-order valence-corrected chi connectivity index (χ2v) is 8.93. The van der Waals surface area contributed by atoms with Crippen LogP contribution in [0.15, 0.2) is 77.0 Å². The number of hydrogen-bond acceptors (Lipinski definition) is 4. The van der Waals surface area contributed by atoms with Crippen molar-refractivity contribution in [3.8, 4) is 11.4 Å². The number of nitrogens with one attached hydrogen (secondary N) is 1. The Bertz CT molecular complexity index is 1450. The number of halogens is 2. The van der Waals surface area contributed by atoms with Crippen LogP contribution in [-0.4, -0.2) is 16.2 Å². The third-order valence-corrected chi connectivity index (χ3v) is 6.32. The Labute approximate surface area is 207 Å². The number of anilines is 1. The third kappa shape index (κ3) is 4.31. The Kier molecular flexibility index (Phi) is 5.86. The Morgan fingerprint density at radius 1 is 1.00 bits per heavy atom. The standard InChI is InChI=1S/C27H22ClFN4O2/c1-15-4-7-19(8-5-15)25-31-26(35-32-25)23-17(3)33(21-13-6-16(2)22(29)14-21)27(34)30-24(23)18-9-11-20(28)12-10-18/h4-14,24H,1-3H3,(H,30,34). The fourth-order valence-corrected chi connectivity index (χ4v) is 4.24. The normalized spacial score (nSPS) is 16.0. The van der Waals surface area contributed by atoms with Gasteiger partial charge in [-0.05, 0) is 56.2 Å². The minimum absolute atomic E-state index is 0.260. The number of amides is 2. The van der Waals surface area contributed by atoms with Gasteiger partial charge in [0.15, 0.2) is 0 Å². The summed E-state index contributed by atoms with van der Waals surface area (Å²) in [5.74, 6) is 0.291. The summed E-state index contributed by atoms with van der Waals surface area (Å²) in [5.41, 5.74) is 4.77. The Morgan fingerprint density at radius 3 is 2.40 bits per heavy atom. The number of aromatic nitrogens is 2. The van der Waals surface area contributed by atoms with E-state index in [1.165, 1.54) is 11.0 Å². The summed E-state index contributed by atoms with van der Waals surface area (Å²) in [6, 6.07) is 18.7. The van der Waals surface area contributed by atoms with E-state index in [0.29, 0.717) is 33.4 Å². The highest BCUT2D eigenvalue weighted by atomic mass is 35.5. The van der Waals surface area contributed by atoms with E-state index in [-0.39, 0.29) is 5.89 Å². The summed E-state index contributed by atoms with van der Waals surface area (Å²) in [6.07, 6.45) is 0. The molecule has 1 aliphatic rings. The molecule has 0 saturated heterocycles. The van der Waals surface area contributed by atoms with Crippen molar-refractivity contribution in [2.75, 3.05) is 4.90 Å². The fourth-order valence-electron chi connectivity index (χ4n) is 4.11. The number of allylic oxidation sites excluding steroid dienone is 1.